The number of thioether (sulfide) groups is 1. The summed E-state index contributed by atoms with van der Waals surface area (Å²) in [6.07, 6.45) is 1.44. The Labute approximate surface area is 65.3 Å². The highest BCUT2D eigenvalue weighted by Crippen LogP contribution is 2.40. The smallest absolute Gasteiger partial charge is 0.0487 e. The van der Waals surface area contributed by atoms with Crippen molar-refractivity contribution < 1.29 is 0 Å². The van der Waals surface area contributed by atoms with Gasteiger partial charge in [0.2, 0.25) is 0 Å². The molecule has 3 heterocycles. The van der Waals surface area contributed by atoms with Gasteiger partial charge < -0.3 is 0 Å². The van der Waals surface area contributed by atoms with Crippen molar-refractivity contribution in [1.29, 1.82) is 0 Å². The second kappa shape index (κ2) is 1.90. The van der Waals surface area contributed by atoms with E-state index in [-0.39, 0.29) is 0 Å². The Morgan fingerprint density at radius 2 is 2.50 bits per heavy atom. The Hall–Kier alpha value is 0.270. The highest BCUT2D eigenvalue weighted by atomic mass is 32.2. The lowest BCUT2D eigenvalue weighted by Crippen LogP contribution is -2.32. The van der Waals surface area contributed by atoms with E-state index in [2.05, 4.69) is 22.0 Å². The molecule has 0 spiro atoms. The molecule has 3 heteroatoms. The van der Waals surface area contributed by atoms with Crippen LogP contribution in [0.3, 0.4) is 0 Å². The molecular weight excluding hydrogens is 144 g/mol. The lowest BCUT2D eigenvalue weighted by atomic mass is 10.1. The molecule has 3 atom stereocenters. The van der Waals surface area contributed by atoms with Crippen molar-refractivity contribution in [3.05, 3.63) is 0 Å². The zero-order valence-corrected chi connectivity index (χ0v) is 6.73. The van der Waals surface area contributed by atoms with Crippen LogP contribution in [0.1, 0.15) is 6.42 Å². The molecule has 0 bridgehead atoms. The van der Waals surface area contributed by atoms with E-state index in [0.29, 0.717) is 0 Å². The molecule has 1 N–H and O–H groups in total. The SMILES string of the molecule is C1SC2CCN3CNC1C23. The van der Waals surface area contributed by atoms with Gasteiger partial charge >= 0.3 is 0 Å². The molecule has 0 aromatic heterocycles. The summed E-state index contributed by atoms with van der Waals surface area (Å²) in [4.78, 5) is 2.61. The van der Waals surface area contributed by atoms with Gasteiger partial charge in [-0.05, 0) is 6.42 Å². The third-order valence-corrected chi connectivity index (χ3v) is 4.46. The zero-order chi connectivity index (χ0) is 6.55. The Balaban J connectivity index is 1.94. The normalized spacial score (nSPS) is 52.2. The molecule has 2 nitrogen and oxygen atoms in total. The van der Waals surface area contributed by atoms with Crippen LogP contribution < -0.4 is 5.32 Å². The molecular formula is C7H12N2S. The Kier molecular flexibility index (Phi) is 1.11. The van der Waals surface area contributed by atoms with Crippen molar-refractivity contribution in [3.63, 3.8) is 0 Å². The van der Waals surface area contributed by atoms with Gasteiger partial charge in [0, 0.05) is 36.3 Å². The second-order valence-electron chi connectivity index (χ2n) is 3.43. The molecule has 3 rings (SSSR count). The average Bonchev–Trinajstić information content (AvgIpc) is 2.56. The van der Waals surface area contributed by atoms with Crippen LogP contribution in [-0.2, 0) is 0 Å². The summed E-state index contributed by atoms with van der Waals surface area (Å²) in [5.41, 5.74) is 0. The van der Waals surface area contributed by atoms with Gasteiger partial charge in [-0.15, -0.1) is 0 Å². The highest BCUT2D eigenvalue weighted by molar-refractivity contribution is 8.00. The maximum Gasteiger partial charge on any atom is 0.0487 e. The maximum atomic E-state index is 3.56. The van der Waals surface area contributed by atoms with E-state index in [1.165, 1.54) is 18.7 Å². The summed E-state index contributed by atoms with van der Waals surface area (Å²) >= 11 is 2.17. The second-order valence-corrected chi connectivity index (χ2v) is 4.70. The largest absolute Gasteiger partial charge is 0.299 e. The molecule has 0 aromatic rings. The van der Waals surface area contributed by atoms with Gasteiger partial charge in [0.25, 0.3) is 0 Å². The number of hydrogen-bond acceptors (Lipinski definition) is 3. The third kappa shape index (κ3) is 0.588. The minimum absolute atomic E-state index is 0.831. The summed E-state index contributed by atoms with van der Waals surface area (Å²) in [6, 6.07) is 1.74. The van der Waals surface area contributed by atoms with Crippen LogP contribution in [0.15, 0.2) is 0 Å². The van der Waals surface area contributed by atoms with Gasteiger partial charge in [-0.25, -0.2) is 0 Å². The van der Waals surface area contributed by atoms with Crippen LogP contribution in [0.25, 0.3) is 0 Å². The van der Waals surface area contributed by atoms with Gasteiger partial charge in [-0.2, -0.15) is 11.8 Å². The molecule has 0 saturated carbocycles. The lowest BCUT2D eigenvalue weighted by molar-refractivity contribution is 0.322. The zero-order valence-electron chi connectivity index (χ0n) is 5.92. The molecule has 3 aliphatic rings. The van der Waals surface area contributed by atoms with E-state index in [4.69, 9.17) is 0 Å². The number of nitrogens with one attached hydrogen (secondary N) is 1. The quantitative estimate of drug-likeness (QED) is 0.536. The molecule has 3 fully saturated rings. The van der Waals surface area contributed by atoms with Gasteiger partial charge in [0.1, 0.15) is 0 Å². The molecule has 56 valence electrons. The molecule has 0 aromatic carbocycles. The van der Waals surface area contributed by atoms with E-state index in [1.54, 1.807) is 0 Å². The Morgan fingerprint density at radius 1 is 1.50 bits per heavy atom. The van der Waals surface area contributed by atoms with Crippen LogP contribution in [-0.4, -0.2) is 41.2 Å². The minimum atomic E-state index is 0.831. The van der Waals surface area contributed by atoms with Gasteiger partial charge in [0.15, 0.2) is 0 Å². The summed E-state index contributed by atoms with van der Waals surface area (Å²) in [5.74, 6) is 1.35. The van der Waals surface area contributed by atoms with E-state index < -0.39 is 0 Å². The molecule has 3 unspecified atom stereocenters. The molecule has 10 heavy (non-hydrogen) atoms. The first kappa shape index (κ1) is 5.86. The monoisotopic (exact) mass is 156 g/mol. The summed E-state index contributed by atoms with van der Waals surface area (Å²) in [5, 5.41) is 4.53. The van der Waals surface area contributed by atoms with Crippen molar-refractivity contribution >= 4 is 11.8 Å². The van der Waals surface area contributed by atoms with E-state index in [0.717, 1.165) is 24.0 Å². The first-order chi connectivity index (χ1) is 4.95. The fourth-order valence-corrected chi connectivity index (χ4v) is 4.07. The molecule has 3 aliphatic heterocycles. The predicted octanol–water partition coefficient (Wildman–Crippen LogP) is 0.105. The van der Waals surface area contributed by atoms with Crippen molar-refractivity contribution in [2.45, 2.75) is 23.8 Å². The first-order valence-corrected chi connectivity index (χ1v) is 5.09. The number of nitrogens with zero attached hydrogens (tertiary/aromatic N) is 1. The van der Waals surface area contributed by atoms with Gasteiger partial charge in [-0.1, -0.05) is 0 Å². The molecule has 0 radical (unpaired) electrons. The summed E-state index contributed by atoms with van der Waals surface area (Å²) in [7, 11) is 0. The van der Waals surface area contributed by atoms with Crippen molar-refractivity contribution in [1.82, 2.24) is 10.2 Å². The minimum Gasteiger partial charge on any atom is -0.299 e. The Bertz CT molecular complexity index is 121. The fraction of sp³-hybridized carbons (Fsp3) is 1.00. The maximum absolute atomic E-state index is 3.56. The molecule has 0 amide bonds. The van der Waals surface area contributed by atoms with E-state index in [1.807, 2.05) is 0 Å². The van der Waals surface area contributed by atoms with Gasteiger partial charge in [-0.3, -0.25) is 10.2 Å². The number of hydrogen-bond donors (Lipinski definition) is 1. The van der Waals surface area contributed by atoms with Crippen molar-refractivity contribution in [3.8, 4) is 0 Å². The van der Waals surface area contributed by atoms with Gasteiger partial charge in [0.05, 0.1) is 0 Å². The Morgan fingerprint density at radius 3 is 3.50 bits per heavy atom. The van der Waals surface area contributed by atoms with Crippen LogP contribution >= 0.6 is 11.8 Å². The third-order valence-electron chi connectivity index (χ3n) is 2.96. The lowest BCUT2D eigenvalue weighted by Gasteiger charge is -2.14. The van der Waals surface area contributed by atoms with Crippen LogP contribution in [0.2, 0.25) is 0 Å². The predicted molar refractivity (Wildman–Crippen MR) is 43.1 cm³/mol. The number of rotatable bonds is 0. The average molecular weight is 156 g/mol. The van der Waals surface area contributed by atoms with Crippen molar-refractivity contribution in [2.75, 3.05) is 19.0 Å². The topological polar surface area (TPSA) is 15.3 Å². The van der Waals surface area contributed by atoms with Crippen LogP contribution in [0, 0.1) is 0 Å². The van der Waals surface area contributed by atoms with Crippen LogP contribution in [0.4, 0.5) is 0 Å². The van der Waals surface area contributed by atoms with E-state index >= 15 is 0 Å². The van der Waals surface area contributed by atoms with Crippen molar-refractivity contribution in [2.24, 2.45) is 0 Å². The first-order valence-electron chi connectivity index (χ1n) is 4.04. The fourth-order valence-electron chi connectivity index (χ4n) is 2.47. The highest BCUT2D eigenvalue weighted by Gasteiger charge is 2.48. The molecule has 3 saturated heterocycles. The molecule has 0 aliphatic carbocycles. The summed E-state index contributed by atoms with van der Waals surface area (Å²) in [6.45, 7) is 2.50. The van der Waals surface area contributed by atoms with E-state index in [9.17, 15) is 0 Å². The van der Waals surface area contributed by atoms with Crippen LogP contribution in [0.5, 0.6) is 0 Å². The summed E-state index contributed by atoms with van der Waals surface area (Å²) < 4.78 is 0. The standard InChI is InChI=1S/C7H12N2S/c1-2-9-4-8-5-3-10-6(1)7(5)9/h5-8H,1-4H2.